The first-order chi connectivity index (χ1) is 15.0. The van der Waals surface area contributed by atoms with Gasteiger partial charge < -0.3 is 24.6 Å². The van der Waals surface area contributed by atoms with E-state index in [1.165, 1.54) is 17.6 Å². The second-order valence-electron chi connectivity index (χ2n) is 7.54. The molecule has 0 aromatic carbocycles. The molecule has 3 aromatic heterocycles. The maximum atomic E-state index is 12.7. The number of carbonyl (C=O) groups is 2. The van der Waals surface area contributed by atoms with Crippen molar-refractivity contribution < 1.29 is 14.0 Å². The molecule has 2 amide bonds. The third-order valence-corrected chi connectivity index (χ3v) is 6.66. The number of hydrogen-bond acceptors (Lipinski definition) is 6. The maximum Gasteiger partial charge on any atom is 0.225 e. The van der Waals surface area contributed by atoms with Gasteiger partial charge in [0.25, 0.3) is 0 Å². The second-order valence-corrected chi connectivity index (χ2v) is 8.64. The number of carbonyl (C=O) groups excluding carboxylic acids is 2. The fourth-order valence-corrected chi connectivity index (χ4v) is 5.04. The fourth-order valence-electron chi connectivity index (χ4n) is 3.78. The lowest BCUT2D eigenvalue weighted by Gasteiger charge is -2.27. The minimum Gasteiger partial charge on any atom is -0.469 e. The van der Waals surface area contributed by atoms with E-state index in [-0.39, 0.29) is 11.8 Å². The van der Waals surface area contributed by atoms with Gasteiger partial charge in [0, 0.05) is 68.3 Å². The molecule has 2 N–H and O–H groups in total. The highest BCUT2D eigenvalue weighted by Gasteiger charge is 2.26. The quantitative estimate of drug-likeness (QED) is 0.526. The van der Waals surface area contributed by atoms with Crippen molar-refractivity contribution in [2.24, 2.45) is 7.05 Å². The Labute approximate surface area is 184 Å². The molecule has 0 radical (unpaired) electrons. The van der Waals surface area contributed by atoms with Gasteiger partial charge in [-0.15, -0.1) is 11.3 Å². The lowest BCUT2D eigenvalue weighted by Crippen LogP contribution is -2.35. The van der Waals surface area contributed by atoms with E-state index >= 15 is 0 Å². The van der Waals surface area contributed by atoms with Crippen LogP contribution in [0.15, 0.2) is 35.2 Å². The normalized spacial score (nSPS) is 13.1. The third kappa shape index (κ3) is 4.77. The molecule has 1 aliphatic heterocycles. The van der Waals surface area contributed by atoms with E-state index in [4.69, 9.17) is 9.83 Å². The summed E-state index contributed by atoms with van der Waals surface area (Å²) in [6.45, 7) is 1.14. The highest BCUT2D eigenvalue weighted by molar-refractivity contribution is 7.16. The number of fused-ring (bicyclic) bond motifs is 1. The molecule has 0 unspecified atom stereocenters. The Morgan fingerprint density at radius 2 is 2.23 bits per heavy atom. The van der Waals surface area contributed by atoms with Gasteiger partial charge in [-0.05, 0) is 24.1 Å². The molecule has 0 spiro atoms. The number of amides is 2. The SMILES string of the molecule is Cn1ccnc1CCC(=O)N1CCc2c(sc(NC(=O)CCc3ccco3)c2C=N)C1. The van der Waals surface area contributed by atoms with Crippen LogP contribution in [0.3, 0.4) is 0 Å². The number of furan rings is 1. The van der Waals surface area contributed by atoms with Crippen molar-refractivity contribution in [3.63, 3.8) is 0 Å². The molecule has 0 fully saturated rings. The van der Waals surface area contributed by atoms with Crippen molar-refractivity contribution >= 4 is 34.4 Å². The van der Waals surface area contributed by atoms with Gasteiger partial charge in [-0.2, -0.15) is 0 Å². The summed E-state index contributed by atoms with van der Waals surface area (Å²) in [4.78, 5) is 32.3. The van der Waals surface area contributed by atoms with E-state index in [0.29, 0.717) is 50.2 Å². The Hall–Kier alpha value is -3.20. The molecule has 9 heteroatoms. The number of thiophene rings is 1. The lowest BCUT2D eigenvalue weighted by molar-refractivity contribution is -0.132. The molecule has 0 atom stereocenters. The molecule has 4 rings (SSSR count). The summed E-state index contributed by atoms with van der Waals surface area (Å²) in [6.07, 6.45) is 9.07. The van der Waals surface area contributed by atoms with Gasteiger partial charge in [-0.25, -0.2) is 4.98 Å². The largest absolute Gasteiger partial charge is 0.469 e. The minimum absolute atomic E-state index is 0.0995. The molecule has 0 saturated carbocycles. The van der Waals surface area contributed by atoms with Crippen LogP contribution in [0.2, 0.25) is 0 Å². The zero-order chi connectivity index (χ0) is 21.8. The van der Waals surface area contributed by atoms with E-state index < -0.39 is 0 Å². The highest BCUT2D eigenvalue weighted by Crippen LogP contribution is 2.36. The smallest absolute Gasteiger partial charge is 0.225 e. The number of aryl methyl sites for hydroxylation is 3. The van der Waals surface area contributed by atoms with Crippen LogP contribution in [-0.2, 0) is 42.4 Å². The number of nitrogens with zero attached hydrogens (tertiary/aromatic N) is 3. The molecule has 0 aliphatic carbocycles. The number of imidazole rings is 1. The Bertz CT molecular complexity index is 1080. The summed E-state index contributed by atoms with van der Waals surface area (Å²) in [5.41, 5.74) is 1.82. The number of nitrogens with one attached hydrogen (secondary N) is 2. The average molecular weight is 440 g/mol. The van der Waals surface area contributed by atoms with E-state index in [9.17, 15) is 9.59 Å². The molecule has 1 aliphatic rings. The average Bonchev–Trinajstić information content (AvgIpc) is 3.50. The topological polar surface area (TPSA) is 104 Å². The molecule has 31 heavy (non-hydrogen) atoms. The zero-order valence-electron chi connectivity index (χ0n) is 17.4. The first-order valence-electron chi connectivity index (χ1n) is 10.3. The molecule has 162 valence electrons. The predicted molar refractivity (Wildman–Crippen MR) is 119 cm³/mol. The first-order valence-corrected chi connectivity index (χ1v) is 11.1. The highest BCUT2D eigenvalue weighted by atomic mass is 32.1. The van der Waals surface area contributed by atoms with Crippen molar-refractivity contribution in [3.8, 4) is 0 Å². The van der Waals surface area contributed by atoms with Crippen LogP contribution in [0.1, 0.15) is 40.4 Å². The van der Waals surface area contributed by atoms with Gasteiger partial charge >= 0.3 is 0 Å². The van der Waals surface area contributed by atoms with E-state index in [1.807, 2.05) is 28.8 Å². The van der Waals surface area contributed by atoms with Gasteiger partial charge in [0.1, 0.15) is 16.6 Å². The molecule has 8 nitrogen and oxygen atoms in total. The van der Waals surface area contributed by atoms with Crippen molar-refractivity contribution in [1.82, 2.24) is 14.5 Å². The van der Waals surface area contributed by atoms with Gasteiger partial charge in [0.2, 0.25) is 11.8 Å². The van der Waals surface area contributed by atoms with Crippen LogP contribution >= 0.6 is 11.3 Å². The molecular formula is C22H25N5O3S. The van der Waals surface area contributed by atoms with Gasteiger partial charge in [-0.1, -0.05) is 0 Å². The third-order valence-electron chi connectivity index (χ3n) is 5.51. The van der Waals surface area contributed by atoms with Crippen LogP contribution in [0.5, 0.6) is 0 Å². The van der Waals surface area contributed by atoms with Crippen LogP contribution in [0, 0.1) is 5.41 Å². The van der Waals surface area contributed by atoms with Crippen LogP contribution < -0.4 is 5.32 Å². The van der Waals surface area contributed by atoms with Gasteiger partial charge in [-0.3, -0.25) is 9.59 Å². The second kappa shape index (κ2) is 9.30. The maximum absolute atomic E-state index is 12.7. The number of aromatic nitrogens is 2. The van der Waals surface area contributed by atoms with Crippen molar-refractivity contribution in [1.29, 1.82) is 5.41 Å². The summed E-state index contributed by atoms with van der Waals surface area (Å²) in [7, 11) is 1.93. The number of rotatable bonds is 8. The Kier molecular flexibility index (Phi) is 6.31. The Balaban J connectivity index is 1.38. The summed E-state index contributed by atoms with van der Waals surface area (Å²) in [6, 6.07) is 3.65. The molecule has 4 heterocycles. The minimum atomic E-state index is -0.110. The molecule has 3 aromatic rings. The van der Waals surface area contributed by atoms with Crippen molar-refractivity contribution in [3.05, 3.63) is 58.4 Å². The van der Waals surface area contributed by atoms with Gasteiger partial charge in [0.15, 0.2) is 0 Å². The fraction of sp³-hybridized carbons (Fsp3) is 0.364. The van der Waals surface area contributed by atoms with Crippen LogP contribution in [0.4, 0.5) is 5.00 Å². The predicted octanol–water partition coefficient (Wildman–Crippen LogP) is 3.16. The summed E-state index contributed by atoms with van der Waals surface area (Å²) >= 11 is 1.46. The summed E-state index contributed by atoms with van der Waals surface area (Å²) < 4.78 is 7.20. The summed E-state index contributed by atoms with van der Waals surface area (Å²) in [5.74, 6) is 1.66. The zero-order valence-corrected chi connectivity index (χ0v) is 18.2. The standard InChI is InChI=1S/C22H25N5O3S/c1-26-11-9-24-19(26)5-7-21(29)27-10-8-16-17(13-23)22(31-18(16)14-27)25-20(28)6-4-15-3-2-12-30-15/h2-3,9,11-13,23H,4-8,10,14H2,1H3,(H,25,28). The van der Waals surface area contributed by atoms with Crippen LogP contribution in [0.25, 0.3) is 0 Å². The first kappa shape index (κ1) is 21.0. The molecule has 0 bridgehead atoms. The monoisotopic (exact) mass is 439 g/mol. The Morgan fingerprint density at radius 1 is 1.35 bits per heavy atom. The summed E-state index contributed by atoms with van der Waals surface area (Å²) in [5, 5.41) is 11.5. The number of hydrogen-bond donors (Lipinski definition) is 2. The van der Waals surface area contributed by atoms with E-state index in [2.05, 4.69) is 10.3 Å². The van der Waals surface area contributed by atoms with E-state index in [0.717, 1.165) is 27.6 Å². The van der Waals surface area contributed by atoms with Crippen LogP contribution in [-0.4, -0.2) is 39.0 Å². The van der Waals surface area contributed by atoms with Crippen molar-refractivity contribution in [2.45, 2.75) is 38.6 Å². The lowest BCUT2D eigenvalue weighted by atomic mass is 10.0. The number of anilines is 1. The van der Waals surface area contributed by atoms with Gasteiger partial charge in [0.05, 0.1) is 12.8 Å². The van der Waals surface area contributed by atoms with Crippen molar-refractivity contribution in [2.75, 3.05) is 11.9 Å². The molecular weight excluding hydrogens is 414 g/mol. The Morgan fingerprint density at radius 3 is 2.94 bits per heavy atom. The van der Waals surface area contributed by atoms with E-state index in [1.54, 1.807) is 18.5 Å². The molecule has 0 saturated heterocycles.